The Bertz CT molecular complexity index is 554. The molecule has 2 aliphatic rings. The fourth-order valence-corrected chi connectivity index (χ4v) is 2.51. The molecule has 0 radical (unpaired) electrons. The van der Waals surface area contributed by atoms with Gasteiger partial charge in [0, 0.05) is 22.8 Å². The van der Waals surface area contributed by atoms with Gasteiger partial charge >= 0.3 is 30.0 Å². The fraction of sp³-hybridized carbons (Fsp3) is 0.312. The van der Waals surface area contributed by atoms with E-state index in [-0.39, 0.29) is 0 Å². The summed E-state index contributed by atoms with van der Waals surface area (Å²) < 4.78 is 3.00. The Morgan fingerprint density at radius 2 is 1.43 bits per heavy atom. The van der Waals surface area contributed by atoms with Crippen molar-refractivity contribution in [2.75, 3.05) is 0 Å². The van der Waals surface area contributed by atoms with Crippen molar-refractivity contribution >= 4 is 61.4 Å². The number of hydrogen-bond donors (Lipinski definition) is 0. The quantitative estimate of drug-likeness (QED) is 0.192. The van der Waals surface area contributed by atoms with Crippen LogP contribution in [0, 0.1) is 6.42 Å². The summed E-state index contributed by atoms with van der Waals surface area (Å²) in [6.07, 6.45) is 11.2. The van der Waals surface area contributed by atoms with Crippen LogP contribution < -0.4 is 0 Å². The Balaban J connectivity index is 0.000000181. The van der Waals surface area contributed by atoms with E-state index in [0.717, 1.165) is 19.5 Å². The van der Waals surface area contributed by atoms with Crippen molar-refractivity contribution in [3.63, 3.8) is 0 Å². The Hall–Kier alpha value is 0.843. The molecule has 2 saturated carbocycles. The summed E-state index contributed by atoms with van der Waals surface area (Å²) in [6, 6.07) is 7.81. The predicted molar refractivity (Wildman–Crippen MR) is 106 cm³/mol. The van der Waals surface area contributed by atoms with E-state index in [4.69, 9.17) is 0 Å². The van der Waals surface area contributed by atoms with Crippen molar-refractivity contribution in [2.24, 2.45) is 0 Å². The van der Waals surface area contributed by atoms with Gasteiger partial charge in [-0.2, -0.15) is 0 Å². The van der Waals surface area contributed by atoms with Gasteiger partial charge < -0.3 is 6.42 Å². The summed E-state index contributed by atoms with van der Waals surface area (Å²) in [5, 5.41) is 0. The third kappa shape index (κ3) is 10.4. The van der Waals surface area contributed by atoms with E-state index < -0.39 is 0 Å². The van der Waals surface area contributed by atoms with E-state index in [1.165, 1.54) is 47.7 Å². The van der Waals surface area contributed by atoms with Crippen molar-refractivity contribution < 1.29 is 16.3 Å². The third-order valence-corrected chi connectivity index (χ3v) is 5.23. The zero-order valence-electron chi connectivity index (χ0n) is 12.6. The Morgan fingerprint density at radius 1 is 0.913 bits per heavy atom. The van der Waals surface area contributed by atoms with Crippen molar-refractivity contribution in [2.45, 2.75) is 31.6 Å². The summed E-state index contributed by atoms with van der Waals surface area (Å²) >= 11 is 14.2. The standard InChI is InChI=1S/C8H8BrN.C5H3Br2N.C3H5.BrH.Zn/c9-7-2-1-5-10-8(7)6-3-4-6;6-4-2-1-3-8-5(4)7;1-2-3-1;;/h1-2,5-6H,3-4H2;1-3H;1H,2-3H2;1H;/q;;-1;;+2/p-1. The van der Waals surface area contributed by atoms with Gasteiger partial charge in [0.1, 0.15) is 4.60 Å². The first-order valence-corrected chi connectivity index (χ1v) is 16.5. The van der Waals surface area contributed by atoms with Crippen LogP contribution in [0.2, 0.25) is 0 Å². The molecule has 0 N–H and O–H groups in total. The van der Waals surface area contributed by atoms with Crippen LogP contribution >= 0.6 is 61.4 Å². The fourth-order valence-electron chi connectivity index (χ4n) is 1.42. The molecule has 0 bridgehead atoms. The molecular weight excluding hydrogens is 605 g/mol. The van der Waals surface area contributed by atoms with Crippen LogP contribution in [-0.2, 0) is 16.3 Å². The SMILES string of the molecule is Brc1cccnc1Br.Brc1cccnc1C1CC1.[CH-]1CC1.[Zn+][Br]. The molecule has 2 nitrogen and oxygen atoms in total. The Kier molecular flexibility index (Phi) is 12.5. The van der Waals surface area contributed by atoms with Crippen LogP contribution in [-0.4, -0.2) is 9.97 Å². The summed E-state index contributed by atoms with van der Waals surface area (Å²) in [7, 11) is 0. The summed E-state index contributed by atoms with van der Waals surface area (Å²) in [4.78, 5) is 8.24. The molecule has 4 rings (SSSR count). The zero-order chi connectivity index (χ0) is 17.1. The van der Waals surface area contributed by atoms with E-state index in [1.54, 1.807) is 6.20 Å². The number of pyridine rings is 2. The van der Waals surface area contributed by atoms with Crippen LogP contribution in [0.1, 0.15) is 37.3 Å². The van der Waals surface area contributed by atoms with E-state index in [2.05, 4.69) is 83.9 Å². The maximum atomic E-state index is 4.29. The molecule has 23 heavy (non-hydrogen) atoms. The van der Waals surface area contributed by atoms with E-state index >= 15 is 0 Å². The molecule has 0 amide bonds. The van der Waals surface area contributed by atoms with E-state index in [0.29, 0.717) is 0 Å². The average Bonchev–Trinajstić information content (AvgIpc) is 3.45. The zero-order valence-corrected chi connectivity index (χ0v) is 21.9. The minimum atomic E-state index is 0.746. The molecule has 2 fully saturated rings. The van der Waals surface area contributed by atoms with E-state index in [1.807, 2.05) is 24.4 Å². The van der Waals surface area contributed by atoms with Gasteiger partial charge in [-0.3, -0.25) is 4.98 Å². The molecule has 2 aliphatic carbocycles. The molecule has 7 heteroatoms. The van der Waals surface area contributed by atoms with Crippen LogP contribution in [0.4, 0.5) is 0 Å². The first-order chi connectivity index (χ1) is 11.2. The van der Waals surface area contributed by atoms with Crippen molar-refractivity contribution in [1.29, 1.82) is 0 Å². The molecule has 0 atom stereocenters. The molecule has 2 aromatic rings. The van der Waals surface area contributed by atoms with Crippen LogP contribution in [0.15, 0.2) is 50.2 Å². The number of aromatic nitrogens is 2. The number of halogens is 4. The van der Waals surface area contributed by atoms with Gasteiger partial charge in [-0.1, -0.05) is 0 Å². The molecular formula is C16H16Br4N2Zn. The second-order valence-corrected chi connectivity index (χ2v) is 7.25. The minimum absolute atomic E-state index is 0.746. The van der Waals surface area contributed by atoms with Crippen molar-refractivity contribution in [3.8, 4) is 0 Å². The molecule has 0 unspecified atom stereocenters. The van der Waals surface area contributed by atoms with Crippen LogP contribution in [0.5, 0.6) is 0 Å². The normalized spacial score (nSPS) is 14.2. The molecule has 0 saturated heterocycles. The summed E-state index contributed by atoms with van der Waals surface area (Å²) in [5.41, 5.74) is 1.24. The molecule has 2 heterocycles. The molecule has 0 aliphatic heterocycles. The summed E-state index contributed by atoms with van der Waals surface area (Å²) in [5.74, 6) is 0.746. The maximum absolute atomic E-state index is 4.29. The second kappa shape index (κ2) is 13.1. The summed E-state index contributed by atoms with van der Waals surface area (Å²) in [6.45, 7) is 0. The molecule has 0 spiro atoms. The Labute approximate surface area is 180 Å². The third-order valence-electron chi connectivity index (χ3n) is 2.75. The van der Waals surface area contributed by atoms with Gasteiger partial charge in [0.2, 0.25) is 0 Å². The average molecular weight is 621 g/mol. The number of hydrogen-bond acceptors (Lipinski definition) is 2. The van der Waals surface area contributed by atoms with Gasteiger partial charge in [0.05, 0.1) is 10.2 Å². The van der Waals surface area contributed by atoms with Gasteiger partial charge in [0.15, 0.2) is 0 Å². The predicted octanol–water partition coefficient (Wildman–Crippen LogP) is 7.16. The number of nitrogens with zero attached hydrogens (tertiary/aromatic N) is 2. The number of rotatable bonds is 1. The van der Waals surface area contributed by atoms with Crippen LogP contribution in [0.25, 0.3) is 0 Å². The van der Waals surface area contributed by atoms with Crippen LogP contribution in [0.3, 0.4) is 0 Å². The topological polar surface area (TPSA) is 25.8 Å². The van der Waals surface area contributed by atoms with Gasteiger partial charge in [0.25, 0.3) is 0 Å². The second-order valence-electron chi connectivity index (χ2n) is 4.79. The first kappa shape index (κ1) is 21.9. The van der Waals surface area contributed by atoms with Crippen molar-refractivity contribution in [3.05, 3.63) is 62.3 Å². The Morgan fingerprint density at radius 3 is 1.78 bits per heavy atom. The molecule has 2 aromatic heterocycles. The monoisotopic (exact) mass is 616 g/mol. The van der Waals surface area contributed by atoms with Gasteiger partial charge in [-0.15, -0.1) is 0 Å². The molecule has 0 aromatic carbocycles. The van der Waals surface area contributed by atoms with E-state index in [9.17, 15) is 0 Å². The molecule has 120 valence electrons. The first-order valence-electron chi connectivity index (χ1n) is 7.13. The van der Waals surface area contributed by atoms with Crippen molar-refractivity contribution in [1.82, 2.24) is 9.97 Å². The van der Waals surface area contributed by atoms with Gasteiger partial charge in [-0.25, -0.2) is 17.8 Å². The van der Waals surface area contributed by atoms with Gasteiger partial charge in [-0.05, 0) is 84.9 Å².